The average Bonchev–Trinajstić information content (AvgIpc) is 2.67. The third kappa shape index (κ3) is 3.72. The molecular weight excluding hydrogens is 330 g/mol. The van der Waals surface area contributed by atoms with Gasteiger partial charge in [0.15, 0.2) is 11.2 Å². The lowest BCUT2D eigenvalue weighted by molar-refractivity contribution is 0.0472. The van der Waals surface area contributed by atoms with Gasteiger partial charge in [0, 0.05) is 23.5 Å². The number of H-pyrrole nitrogens is 1. The number of Topliss-reactive ketones (excluding diaryl/α,β-unsaturated/α-hetero) is 1. The molecule has 3 rings (SSSR count). The highest BCUT2D eigenvalue weighted by Crippen LogP contribution is 2.14. The van der Waals surface area contributed by atoms with Crippen molar-refractivity contribution in [2.24, 2.45) is 0 Å². The lowest BCUT2D eigenvalue weighted by Crippen LogP contribution is -2.16. The molecule has 5 heteroatoms. The number of rotatable bonds is 6. The van der Waals surface area contributed by atoms with Crippen LogP contribution in [0.4, 0.5) is 0 Å². The number of hydrogen-bond acceptors (Lipinski definition) is 4. The van der Waals surface area contributed by atoms with E-state index in [9.17, 15) is 14.4 Å². The van der Waals surface area contributed by atoms with Crippen molar-refractivity contribution < 1.29 is 14.3 Å². The second-order valence-electron chi connectivity index (χ2n) is 6.03. The summed E-state index contributed by atoms with van der Waals surface area (Å²) in [6.45, 7) is 1.95. The van der Waals surface area contributed by atoms with Crippen LogP contribution in [0.2, 0.25) is 0 Å². The van der Waals surface area contributed by atoms with Crippen LogP contribution in [-0.2, 0) is 11.3 Å². The number of ether oxygens (including phenoxy) is 1. The molecule has 0 aliphatic heterocycles. The molecule has 132 valence electrons. The van der Waals surface area contributed by atoms with Crippen molar-refractivity contribution in [2.45, 2.75) is 26.4 Å². The molecule has 3 aromatic rings. The number of aromatic nitrogens is 1. The van der Waals surface area contributed by atoms with E-state index in [0.29, 0.717) is 34.9 Å². The Hall–Kier alpha value is -3.21. The minimum Gasteiger partial charge on any atom is -0.457 e. The van der Waals surface area contributed by atoms with E-state index in [1.807, 2.05) is 13.0 Å². The van der Waals surface area contributed by atoms with E-state index in [1.165, 1.54) is 6.20 Å². The molecule has 0 radical (unpaired) electrons. The molecule has 0 fully saturated rings. The number of esters is 1. The molecule has 1 N–H and O–H groups in total. The van der Waals surface area contributed by atoms with E-state index in [0.717, 1.165) is 0 Å². The summed E-state index contributed by atoms with van der Waals surface area (Å²) in [4.78, 5) is 39.7. The zero-order chi connectivity index (χ0) is 18.5. The summed E-state index contributed by atoms with van der Waals surface area (Å²) in [5.41, 5.74) is 1.67. The molecule has 0 bridgehead atoms. The van der Waals surface area contributed by atoms with Crippen LogP contribution in [0.5, 0.6) is 0 Å². The average molecular weight is 349 g/mol. The van der Waals surface area contributed by atoms with Crippen LogP contribution in [0, 0.1) is 0 Å². The standard InChI is InChI=1S/C21H19NO4/c1-2-6-19(23)17-12-22-18-10-9-14(11-16(18)20(17)24)13-26-21(25)15-7-4-3-5-8-15/h3-5,7-12H,2,6,13H2,1H3,(H,22,24). The van der Waals surface area contributed by atoms with Crippen LogP contribution >= 0.6 is 0 Å². The fourth-order valence-electron chi connectivity index (χ4n) is 2.73. The number of carbonyl (C=O) groups excluding carboxylic acids is 2. The van der Waals surface area contributed by atoms with Crippen LogP contribution in [0.1, 0.15) is 46.0 Å². The highest BCUT2D eigenvalue weighted by molar-refractivity contribution is 5.98. The highest BCUT2D eigenvalue weighted by atomic mass is 16.5. The van der Waals surface area contributed by atoms with Crippen LogP contribution < -0.4 is 5.43 Å². The van der Waals surface area contributed by atoms with Gasteiger partial charge in [0.05, 0.1) is 11.1 Å². The minimum atomic E-state index is -0.425. The Morgan fingerprint density at radius 2 is 1.85 bits per heavy atom. The smallest absolute Gasteiger partial charge is 0.338 e. The zero-order valence-electron chi connectivity index (χ0n) is 14.5. The third-order valence-electron chi connectivity index (χ3n) is 4.10. The van der Waals surface area contributed by atoms with Crippen LogP contribution in [0.25, 0.3) is 10.9 Å². The molecule has 0 saturated carbocycles. The number of hydrogen-bond donors (Lipinski definition) is 1. The number of ketones is 1. The number of fused-ring (bicyclic) bond motifs is 1. The Kier molecular flexibility index (Phi) is 5.27. The maximum atomic E-state index is 12.6. The number of nitrogens with one attached hydrogen (secondary N) is 1. The normalized spacial score (nSPS) is 10.7. The number of aromatic amines is 1. The number of benzene rings is 2. The van der Waals surface area contributed by atoms with E-state index in [1.54, 1.807) is 42.5 Å². The minimum absolute atomic E-state index is 0.0518. The first-order chi connectivity index (χ1) is 12.6. The van der Waals surface area contributed by atoms with Crippen LogP contribution in [0.3, 0.4) is 0 Å². The predicted molar refractivity (Wildman–Crippen MR) is 99.4 cm³/mol. The third-order valence-corrected chi connectivity index (χ3v) is 4.10. The van der Waals surface area contributed by atoms with Crippen molar-refractivity contribution in [2.75, 3.05) is 0 Å². The first-order valence-corrected chi connectivity index (χ1v) is 8.50. The van der Waals surface area contributed by atoms with Gasteiger partial charge in [-0.2, -0.15) is 0 Å². The van der Waals surface area contributed by atoms with Gasteiger partial charge < -0.3 is 9.72 Å². The van der Waals surface area contributed by atoms with Crippen molar-refractivity contribution in [1.29, 1.82) is 0 Å². The van der Waals surface area contributed by atoms with Gasteiger partial charge in [-0.15, -0.1) is 0 Å². The molecule has 1 heterocycles. The van der Waals surface area contributed by atoms with E-state index in [2.05, 4.69) is 4.98 Å². The summed E-state index contributed by atoms with van der Waals surface area (Å²) in [6.07, 6.45) is 2.49. The highest BCUT2D eigenvalue weighted by Gasteiger charge is 2.13. The van der Waals surface area contributed by atoms with Crippen molar-refractivity contribution in [3.63, 3.8) is 0 Å². The molecule has 5 nitrogen and oxygen atoms in total. The summed E-state index contributed by atoms with van der Waals surface area (Å²) in [7, 11) is 0. The van der Waals surface area contributed by atoms with Gasteiger partial charge in [0.2, 0.25) is 0 Å². The maximum Gasteiger partial charge on any atom is 0.338 e. The van der Waals surface area contributed by atoms with Gasteiger partial charge in [-0.3, -0.25) is 9.59 Å². The Morgan fingerprint density at radius 3 is 2.58 bits per heavy atom. The van der Waals surface area contributed by atoms with E-state index in [4.69, 9.17) is 4.74 Å². The first-order valence-electron chi connectivity index (χ1n) is 8.50. The van der Waals surface area contributed by atoms with Gasteiger partial charge in [-0.1, -0.05) is 31.2 Å². The molecule has 0 saturated heterocycles. The van der Waals surface area contributed by atoms with E-state index < -0.39 is 5.97 Å². The molecule has 26 heavy (non-hydrogen) atoms. The largest absolute Gasteiger partial charge is 0.457 e. The zero-order valence-corrected chi connectivity index (χ0v) is 14.5. The summed E-state index contributed by atoms with van der Waals surface area (Å²) in [5.74, 6) is -0.594. The Labute approximate surface area is 150 Å². The molecule has 0 atom stereocenters. The van der Waals surface area contributed by atoms with Crippen molar-refractivity contribution in [3.8, 4) is 0 Å². The Morgan fingerprint density at radius 1 is 1.08 bits per heavy atom. The molecule has 0 spiro atoms. The monoisotopic (exact) mass is 349 g/mol. The van der Waals surface area contributed by atoms with Crippen molar-refractivity contribution in [1.82, 2.24) is 4.98 Å². The number of pyridine rings is 1. The van der Waals surface area contributed by atoms with Gasteiger partial charge >= 0.3 is 5.97 Å². The topological polar surface area (TPSA) is 76.2 Å². The Balaban J connectivity index is 1.84. The van der Waals surface area contributed by atoms with Gasteiger partial charge in [-0.25, -0.2) is 4.79 Å². The second kappa shape index (κ2) is 7.78. The van der Waals surface area contributed by atoms with E-state index >= 15 is 0 Å². The lowest BCUT2D eigenvalue weighted by Gasteiger charge is -2.07. The van der Waals surface area contributed by atoms with E-state index in [-0.39, 0.29) is 23.4 Å². The molecule has 0 unspecified atom stereocenters. The number of carbonyl (C=O) groups is 2. The fourth-order valence-corrected chi connectivity index (χ4v) is 2.73. The van der Waals surface area contributed by atoms with Gasteiger partial charge in [0.1, 0.15) is 6.61 Å². The summed E-state index contributed by atoms with van der Waals surface area (Å²) in [5, 5.41) is 0.417. The summed E-state index contributed by atoms with van der Waals surface area (Å²) < 4.78 is 5.30. The maximum absolute atomic E-state index is 12.6. The summed E-state index contributed by atoms with van der Waals surface area (Å²) >= 11 is 0. The predicted octanol–water partition coefficient (Wildman–Crippen LogP) is 3.87. The van der Waals surface area contributed by atoms with Crippen molar-refractivity contribution in [3.05, 3.63) is 81.6 Å². The second-order valence-corrected chi connectivity index (χ2v) is 6.03. The molecule has 2 aromatic carbocycles. The molecule has 1 aromatic heterocycles. The lowest BCUT2D eigenvalue weighted by atomic mass is 10.0. The van der Waals surface area contributed by atoms with Crippen LogP contribution in [-0.4, -0.2) is 16.7 Å². The molecular formula is C21H19NO4. The first kappa shape index (κ1) is 17.6. The summed E-state index contributed by atoms with van der Waals surface area (Å²) in [6, 6.07) is 13.9. The van der Waals surface area contributed by atoms with Gasteiger partial charge in [-0.05, 0) is 36.2 Å². The Bertz CT molecular complexity index is 1010. The molecule has 0 aliphatic rings. The fraction of sp³-hybridized carbons (Fsp3) is 0.190. The van der Waals surface area contributed by atoms with Crippen molar-refractivity contribution >= 4 is 22.7 Å². The van der Waals surface area contributed by atoms with Gasteiger partial charge in [0.25, 0.3) is 0 Å². The molecule has 0 amide bonds. The quantitative estimate of drug-likeness (QED) is 0.541. The van der Waals surface area contributed by atoms with Crippen LogP contribution in [0.15, 0.2) is 59.5 Å². The molecule has 0 aliphatic carbocycles. The SMILES string of the molecule is CCCC(=O)c1c[nH]c2ccc(COC(=O)c3ccccc3)cc2c1=O.